The average molecular weight is 584 g/mol. The number of hydrogen-bond donors (Lipinski definition) is 5. The minimum atomic E-state index is -3.71. The SMILES string of the molecule is CC(N[P@@](O)(=S)OC[C@H]1O[C@@H](n2ccc(=O)[nH]c2=O)[C@](C)(O)[C@@H]1O)=C(Oc1ccccc1)OC1CCCCC1. The summed E-state index contributed by atoms with van der Waals surface area (Å²) in [5.74, 6) is 0.711. The predicted octanol–water partition coefficient (Wildman–Crippen LogP) is 1.99. The number of ether oxygens (including phenoxy) is 3. The van der Waals surface area contributed by atoms with Crippen LogP contribution in [0.2, 0.25) is 0 Å². The first kappa shape index (κ1) is 29.5. The van der Waals surface area contributed by atoms with Crippen LogP contribution in [-0.2, 0) is 25.8 Å². The van der Waals surface area contributed by atoms with E-state index >= 15 is 0 Å². The third-order valence-corrected chi connectivity index (χ3v) is 8.37. The van der Waals surface area contributed by atoms with Gasteiger partial charge >= 0.3 is 11.6 Å². The number of rotatable bonds is 10. The molecule has 1 aromatic heterocycles. The van der Waals surface area contributed by atoms with Crippen molar-refractivity contribution < 1.29 is 33.8 Å². The molecule has 39 heavy (non-hydrogen) atoms. The largest absolute Gasteiger partial charge is 0.461 e. The molecule has 214 valence electrons. The molecular formula is C25H34N3O9PS. The Hall–Kier alpha value is -2.51. The first-order valence-corrected chi connectivity index (χ1v) is 15.4. The van der Waals surface area contributed by atoms with Gasteiger partial charge in [-0.2, -0.15) is 0 Å². The Morgan fingerprint density at radius 2 is 1.92 bits per heavy atom. The summed E-state index contributed by atoms with van der Waals surface area (Å²) in [6.07, 6.45) is 2.17. The molecule has 1 saturated carbocycles. The molecule has 14 heteroatoms. The Balaban J connectivity index is 1.46. The van der Waals surface area contributed by atoms with Gasteiger partial charge in [0.05, 0.1) is 12.3 Å². The highest BCUT2D eigenvalue weighted by Crippen LogP contribution is 2.43. The molecule has 1 saturated heterocycles. The van der Waals surface area contributed by atoms with Crippen LogP contribution < -0.4 is 21.1 Å². The lowest BCUT2D eigenvalue weighted by molar-refractivity contribution is -0.0984. The molecule has 0 amide bonds. The van der Waals surface area contributed by atoms with Gasteiger partial charge in [-0.05, 0) is 63.5 Å². The molecule has 1 aliphatic heterocycles. The van der Waals surface area contributed by atoms with Crippen molar-refractivity contribution in [1.82, 2.24) is 14.6 Å². The monoisotopic (exact) mass is 583 g/mol. The van der Waals surface area contributed by atoms with Crippen LogP contribution in [0.25, 0.3) is 0 Å². The van der Waals surface area contributed by atoms with Gasteiger partial charge in [0.1, 0.15) is 29.7 Å². The van der Waals surface area contributed by atoms with E-state index < -0.39 is 48.5 Å². The van der Waals surface area contributed by atoms with Gasteiger partial charge in [0, 0.05) is 12.3 Å². The summed E-state index contributed by atoms with van der Waals surface area (Å²) >= 11 is 5.29. The van der Waals surface area contributed by atoms with E-state index in [1.165, 1.54) is 6.92 Å². The number of aliphatic hydroxyl groups is 2. The van der Waals surface area contributed by atoms with E-state index in [1.807, 2.05) is 18.2 Å². The van der Waals surface area contributed by atoms with Crippen LogP contribution in [0.1, 0.15) is 52.2 Å². The van der Waals surface area contributed by atoms with Crippen LogP contribution >= 0.6 is 6.64 Å². The van der Waals surface area contributed by atoms with Crippen LogP contribution in [0, 0.1) is 0 Å². The summed E-state index contributed by atoms with van der Waals surface area (Å²) in [6.45, 7) is -1.18. The van der Waals surface area contributed by atoms with Gasteiger partial charge in [-0.3, -0.25) is 14.3 Å². The Morgan fingerprint density at radius 1 is 1.23 bits per heavy atom. The lowest BCUT2D eigenvalue weighted by atomic mass is 9.96. The molecule has 2 aliphatic rings. The number of benzene rings is 1. The second-order valence-electron chi connectivity index (χ2n) is 9.85. The molecule has 5 atom stereocenters. The highest BCUT2D eigenvalue weighted by Gasteiger charge is 2.53. The Labute approximate surface area is 230 Å². The molecule has 1 aliphatic carbocycles. The van der Waals surface area contributed by atoms with Gasteiger partial charge in [-0.15, -0.1) is 0 Å². The molecule has 4 rings (SSSR count). The third-order valence-electron chi connectivity index (χ3n) is 6.67. The zero-order valence-electron chi connectivity index (χ0n) is 21.7. The minimum absolute atomic E-state index is 0.0378. The van der Waals surface area contributed by atoms with Crippen molar-refractivity contribution in [1.29, 1.82) is 0 Å². The predicted molar refractivity (Wildman–Crippen MR) is 145 cm³/mol. The molecule has 0 unspecified atom stereocenters. The summed E-state index contributed by atoms with van der Waals surface area (Å²) in [7, 11) is 0. The maximum atomic E-state index is 12.2. The van der Waals surface area contributed by atoms with E-state index in [4.69, 9.17) is 30.5 Å². The molecule has 0 bridgehead atoms. The van der Waals surface area contributed by atoms with Gasteiger partial charge in [0.2, 0.25) is 0 Å². The minimum Gasteiger partial charge on any atom is -0.461 e. The number of H-pyrrole nitrogens is 1. The quantitative estimate of drug-likeness (QED) is 0.205. The summed E-state index contributed by atoms with van der Waals surface area (Å²) in [4.78, 5) is 36.6. The van der Waals surface area contributed by atoms with Crippen molar-refractivity contribution in [2.75, 3.05) is 6.61 Å². The Kier molecular flexibility index (Phi) is 9.33. The van der Waals surface area contributed by atoms with Crippen molar-refractivity contribution in [3.05, 3.63) is 75.1 Å². The molecule has 1 aromatic carbocycles. The first-order valence-electron chi connectivity index (χ1n) is 12.7. The summed E-state index contributed by atoms with van der Waals surface area (Å²) in [5.41, 5.74) is -3.03. The Bertz CT molecular complexity index is 1320. The number of para-hydroxylation sites is 1. The number of nitrogens with one attached hydrogen (secondary N) is 2. The highest BCUT2D eigenvalue weighted by molar-refractivity contribution is 8.08. The molecule has 0 spiro atoms. The first-order chi connectivity index (χ1) is 18.5. The van der Waals surface area contributed by atoms with Crippen LogP contribution in [-0.4, -0.2) is 55.2 Å². The van der Waals surface area contributed by atoms with Crippen molar-refractivity contribution in [3.8, 4) is 5.75 Å². The second kappa shape index (κ2) is 12.3. The zero-order chi connectivity index (χ0) is 28.2. The number of aliphatic hydroxyl groups excluding tert-OH is 1. The number of aromatic nitrogens is 2. The van der Waals surface area contributed by atoms with E-state index in [-0.39, 0.29) is 12.0 Å². The molecule has 0 radical (unpaired) electrons. The number of hydrogen-bond acceptors (Lipinski definition) is 9. The van der Waals surface area contributed by atoms with Crippen molar-refractivity contribution >= 4 is 18.4 Å². The van der Waals surface area contributed by atoms with Crippen LogP contribution in [0.5, 0.6) is 5.75 Å². The topological polar surface area (TPSA) is 164 Å². The Morgan fingerprint density at radius 3 is 2.59 bits per heavy atom. The lowest BCUT2D eigenvalue weighted by Crippen LogP contribution is -2.46. The van der Waals surface area contributed by atoms with Crippen molar-refractivity contribution in [3.63, 3.8) is 0 Å². The average Bonchev–Trinajstić information content (AvgIpc) is 3.11. The fourth-order valence-corrected chi connectivity index (χ4v) is 6.10. The molecular weight excluding hydrogens is 549 g/mol. The van der Waals surface area contributed by atoms with Crippen LogP contribution in [0.4, 0.5) is 0 Å². The van der Waals surface area contributed by atoms with E-state index in [0.29, 0.717) is 11.4 Å². The van der Waals surface area contributed by atoms with E-state index in [2.05, 4.69) is 10.1 Å². The molecule has 2 aromatic rings. The zero-order valence-corrected chi connectivity index (χ0v) is 23.4. The summed E-state index contributed by atoms with van der Waals surface area (Å²) in [5, 5.41) is 24.3. The molecule has 12 nitrogen and oxygen atoms in total. The number of allylic oxidation sites excluding steroid dienone is 1. The standard InChI is InChI=1S/C25H34N3O9PS/c1-16(22(35-17-9-5-3-6-10-17)36-18-11-7-4-8-12-18)27-38(33,39)34-15-19-21(30)25(2,32)23(37-19)28-14-13-20(29)26-24(28)31/h3,5-6,9-10,13-14,18-19,21,23,30,32H,4,7-8,11-12,15H2,1-2H3,(H,26,29,31)(H2,27,33,39)/t19-,21-,23-,25-,38+/m1/s1. The highest BCUT2D eigenvalue weighted by atomic mass is 32.5. The van der Waals surface area contributed by atoms with Gasteiger partial charge < -0.3 is 38.9 Å². The molecule has 5 N–H and O–H groups in total. The van der Waals surface area contributed by atoms with E-state index in [1.54, 1.807) is 19.1 Å². The van der Waals surface area contributed by atoms with Gasteiger partial charge in [-0.25, -0.2) is 4.79 Å². The molecule has 2 fully saturated rings. The fourth-order valence-electron chi connectivity index (χ4n) is 4.57. The molecule has 2 heterocycles. The maximum absolute atomic E-state index is 12.2. The smallest absolute Gasteiger partial charge is 0.330 e. The van der Waals surface area contributed by atoms with Crippen LogP contribution in [0.3, 0.4) is 0 Å². The van der Waals surface area contributed by atoms with Gasteiger partial charge in [0.15, 0.2) is 6.23 Å². The van der Waals surface area contributed by atoms with Crippen LogP contribution in [0.15, 0.2) is 63.8 Å². The fraction of sp³-hybridized carbons (Fsp3) is 0.520. The van der Waals surface area contributed by atoms with E-state index in [9.17, 15) is 24.7 Å². The summed E-state index contributed by atoms with van der Waals surface area (Å²) < 4.78 is 24.4. The van der Waals surface area contributed by atoms with Crippen molar-refractivity contribution in [2.45, 2.75) is 76.1 Å². The van der Waals surface area contributed by atoms with E-state index in [0.717, 1.165) is 48.9 Å². The lowest BCUT2D eigenvalue weighted by Gasteiger charge is -2.27. The number of nitrogens with zero attached hydrogens (tertiary/aromatic N) is 1. The maximum Gasteiger partial charge on any atom is 0.330 e. The second-order valence-corrected chi connectivity index (χ2v) is 12.9. The summed E-state index contributed by atoms with van der Waals surface area (Å²) in [6, 6.07) is 10.2. The van der Waals surface area contributed by atoms with Gasteiger partial charge in [0.25, 0.3) is 12.2 Å². The number of aromatic amines is 1. The van der Waals surface area contributed by atoms with Crippen molar-refractivity contribution in [2.24, 2.45) is 0 Å². The normalized spacial score (nSPS) is 27.9. The third kappa shape index (κ3) is 7.37. The van der Waals surface area contributed by atoms with Gasteiger partial charge in [-0.1, -0.05) is 24.6 Å².